The summed E-state index contributed by atoms with van der Waals surface area (Å²) < 4.78 is 47.0. The molecule has 29 heavy (non-hydrogen) atoms. The Hall–Kier alpha value is -2.20. The van der Waals surface area contributed by atoms with E-state index in [9.17, 15) is 12.8 Å². The fraction of sp³-hybridized carbons (Fsp3) is 0.400. The third-order valence-electron chi connectivity index (χ3n) is 4.92. The molecule has 0 aromatic heterocycles. The first-order valence-corrected chi connectivity index (χ1v) is 10.9. The zero-order valence-corrected chi connectivity index (χ0v) is 17.2. The van der Waals surface area contributed by atoms with Gasteiger partial charge in [-0.15, -0.1) is 0 Å². The molecule has 1 heterocycles. The van der Waals surface area contributed by atoms with Crippen LogP contribution in [0.2, 0.25) is 0 Å². The van der Waals surface area contributed by atoms with Crippen LogP contribution in [0, 0.1) is 5.82 Å². The van der Waals surface area contributed by atoms with E-state index < -0.39 is 10.0 Å². The molecule has 9 heteroatoms. The molecule has 0 radical (unpaired) electrons. The first-order valence-electron chi connectivity index (χ1n) is 9.38. The highest BCUT2D eigenvalue weighted by Crippen LogP contribution is 2.19. The lowest BCUT2D eigenvalue weighted by atomic mass is 10.2. The molecular weight excluding hydrogens is 397 g/mol. The highest BCUT2D eigenvalue weighted by molar-refractivity contribution is 7.89. The normalized spacial score (nSPS) is 16.0. The van der Waals surface area contributed by atoms with Crippen LogP contribution < -0.4 is 14.6 Å². The molecule has 3 rings (SSSR count). The summed E-state index contributed by atoms with van der Waals surface area (Å²) in [5, 5.41) is 5.08. The largest absolute Gasteiger partial charge is 0.494 e. The fourth-order valence-corrected chi connectivity index (χ4v) is 3.77. The molecule has 0 atom stereocenters. The van der Waals surface area contributed by atoms with E-state index in [4.69, 9.17) is 14.6 Å². The fourth-order valence-electron chi connectivity index (χ4n) is 3.26. The van der Waals surface area contributed by atoms with Gasteiger partial charge in [0.2, 0.25) is 10.0 Å². The summed E-state index contributed by atoms with van der Waals surface area (Å²) in [5.74, 6) is 0.535. The van der Waals surface area contributed by atoms with Gasteiger partial charge >= 0.3 is 0 Å². The topological polar surface area (TPSA) is 85.1 Å². The monoisotopic (exact) mass is 423 g/mol. The van der Waals surface area contributed by atoms with Gasteiger partial charge in [0.25, 0.3) is 0 Å². The van der Waals surface area contributed by atoms with E-state index in [1.807, 2.05) is 6.07 Å². The molecule has 2 aromatic rings. The minimum atomic E-state index is -3.69. The number of ether oxygens (including phenoxy) is 2. The van der Waals surface area contributed by atoms with E-state index in [1.165, 1.54) is 25.3 Å². The lowest BCUT2D eigenvalue weighted by Crippen LogP contribution is -2.47. The highest BCUT2D eigenvalue weighted by atomic mass is 32.2. The van der Waals surface area contributed by atoms with Crippen molar-refractivity contribution in [2.45, 2.75) is 11.4 Å². The third kappa shape index (κ3) is 6.14. The van der Waals surface area contributed by atoms with Crippen molar-refractivity contribution in [3.8, 4) is 11.5 Å². The molecule has 1 aliphatic heterocycles. The summed E-state index contributed by atoms with van der Waals surface area (Å²) >= 11 is 0. The predicted molar refractivity (Wildman–Crippen MR) is 108 cm³/mol. The van der Waals surface area contributed by atoms with Crippen LogP contribution in [0.15, 0.2) is 47.4 Å². The van der Waals surface area contributed by atoms with Crippen molar-refractivity contribution in [3.63, 3.8) is 0 Å². The number of nitrogens with two attached hydrogens (primary N) is 1. The van der Waals surface area contributed by atoms with Crippen molar-refractivity contribution >= 4 is 10.0 Å². The summed E-state index contributed by atoms with van der Waals surface area (Å²) in [6, 6.07) is 11.2. The highest BCUT2D eigenvalue weighted by Gasteiger charge is 2.17. The van der Waals surface area contributed by atoms with Crippen LogP contribution in [-0.2, 0) is 16.6 Å². The van der Waals surface area contributed by atoms with E-state index in [0.29, 0.717) is 18.9 Å². The van der Waals surface area contributed by atoms with E-state index in [-0.39, 0.29) is 16.5 Å². The van der Waals surface area contributed by atoms with Gasteiger partial charge in [-0.3, -0.25) is 9.80 Å². The lowest BCUT2D eigenvalue weighted by molar-refractivity contribution is 0.112. The van der Waals surface area contributed by atoms with E-state index in [1.54, 1.807) is 18.2 Å². The van der Waals surface area contributed by atoms with Gasteiger partial charge in [-0.05, 0) is 42.0 Å². The second kappa shape index (κ2) is 9.53. The molecule has 0 aliphatic carbocycles. The minimum absolute atomic E-state index is 0.0673. The average Bonchev–Trinajstić information content (AvgIpc) is 2.69. The van der Waals surface area contributed by atoms with Crippen LogP contribution in [0.25, 0.3) is 0 Å². The van der Waals surface area contributed by atoms with Gasteiger partial charge in [0.1, 0.15) is 12.4 Å². The zero-order chi connectivity index (χ0) is 20.9. The number of halogens is 1. The van der Waals surface area contributed by atoms with Crippen molar-refractivity contribution in [3.05, 3.63) is 53.8 Å². The molecule has 1 fully saturated rings. The van der Waals surface area contributed by atoms with Crippen molar-refractivity contribution < 1.29 is 22.3 Å². The quantitative estimate of drug-likeness (QED) is 0.695. The molecule has 7 nitrogen and oxygen atoms in total. The number of hydrogen-bond acceptors (Lipinski definition) is 6. The second-order valence-corrected chi connectivity index (χ2v) is 8.51. The van der Waals surface area contributed by atoms with Gasteiger partial charge < -0.3 is 9.47 Å². The number of sulfonamides is 1. The smallest absolute Gasteiger partial charge is 0.238 e. The molecule has 0 spiro atoms. The van der Waals surface area contributed by atoms with Crippen LogP contribution in [0.1, 0.15) is 5.56 Å². The Bertz CT molecular complexity index is 914. The van der Waals surface area contributed by atoms with E-state index in [0.717, 1.165) is 38.3 Å². The molecule has 0 saturated carbocycles. The van der Waals surface area contributed by atoms with Gasteiger partial charge in [0.15, 0.2) is 11.6 Å². The van der Waals surface area contributed by atoms with Crippen molar-refractivity contribution in [2.75, 3.05) is 46.4 Å². The van der Waals surface area contributed by atoms with Crippen molar-refractivity contribution in [2.24, 2.45) is 5.14 Å². The summed E-state index contributed by atoms with van der Waals surface area (Å²) in [6.45, 7) is 5.62. The standard InChI is InChI=1S/C20H26FN3O4S/c1-27-20-7-2-16(14-19(20)21)15-24-10-8-23(9-11-24)12-13-28-17-3-5-18(6-4-17)29(22,25)26/h2-7,14H,8-13,15H2,1H3,(H2,22,25,26). The van der Waals surface area contributed by atoms with Crippen LogP contribution in [-0.4, -0.2) is 64.7 Å². The Morgan fingerprint density at radius 3 is 2.28 bits per heavy atom. The van der Waals surface area contributed by atoms with Gasteiger partial charge in [0.05, 0.1) is 12.0 Å². The van der Waals surface area contributed by atoms with Crippen molar-refractivity contribution in [1.82, 2.24) is 9.80 Å². The summed E-state index contributed by atoms with van der Waals surface area (Å²) in [7, 11) is -2.23. The molecule has 1 aliphatic rings. The average molecular weight is 424 g/mol. The minimum Gasteiger partial charge on any atom is -0.494 e. The van der Waals surface area contributed by atoms with Crippen LogP contribution >= 0.6 is 0 Å². The molecule has 2 aromatic carbocycles. The summed E-state index contributed by atoms with van der Waals surface area (Å²) in [6.07, 6.45) is 0. The summed E-state index contributed by atoms with van der Waals surface area (Å²) in [4.78, 5) is 4.67. The molecule has 158 valence electrons. The molecule has 1 saturated heterocycles. The predicted octanol–water partition coefficient (Wildman–Crippen LogP) is 1.68. The molecular formula is C20H26FN3O4S. The molecule has 0 unspecified atom stereocenters. The number of piperazine rings is 1. The Labute approximate surface area is 170 Å². The number of rotatable bonds is 8. The first kappa shape index (κ1) is 21.5. The number of benzene rings is 2. The van der Waals surface area contributed by atoms with E-state index >= 15 is 0 Å². The van der Waals surface area contributed by atoms with Crippen LogP contribution in [0.4, 0.5) is 4.39 Å². The van der Waals surface area contributed by atoms with Crippen LogP contribution in [0.3, 0.4) is 0 Å². The Morgan fingerprint density at radius 2 is 1.69 bits per heavy atom. The first-order chi connectivity index (χ1) is 13.8. The van der Waals surface area contributed by atoms with Gasteiger partial charge in [-0.25, -0.2) is 17.9 Å². The maximum absolute atomic E-state index is 13.8. The number of primary sulfonamides is 1. The maximum atomic E-state index is 13.8. The lowest BCUT2D eigenvalue weighted by Gasteiger charge is -2.34. The van der Waals surface area contributed by atoms with Gasteiger partial charge in [-0.2, -0.15) is 0 Å². The molecule has 2 N–H and O–H groups in total. The van der Waals surface area contributed by atoms with Gasteiger partial charge in [-0.1, -0.05) is 6.07 Å². The Kier molecular flexibility index (Phi) is 7.07. The molecule has 0 amide bonds. The maximum Gasteiger partial charge on any atom is 0.238 e. The van der Waals surface area contributed by atoms with Gasteiger partial charge in [0, 0.05) is 39.3 Å². The Morgan fingerprint density at radius 1 is 1.03 bits per heavy atom. The third-order valence-corrected chi connectivity index (χ3v) is 5.85. The number of nitrogens with zero attached hydrogens (tertiary/aromatic N) is 2. The van der Waals surface area contributed by atoms with Crippen LogP contribution in [0.5, 0.6) is 11.5 Å². The van der Waals surface area contributed by atoms with Crippen molar-refractivity contribution in [1.29, 1.82) is 0 Å². The summed E-state index contributed by atoms with van der Waals surface area (Å²) in [5.41, 5.74) is 0.933. The molecule has 0 bridgehead atoms. The number of hydrogen-bond donors (Lipinski definition) is 1. The second-order valence-electron chi connectivity index (χ2n) is 6.95. The Balaban J connectivity index is 1.39. The zero-order valence-electron chi connectivity index (χ0n) is 16.4. The number of methoxy groups -OCH3 is 1. The SMILES string of the molecule is COc1ccc(CN2CCN(CCOc3ccc(S(N)(=O)=O)cc3)CC2)cc1F. The van der Waals surface area contributed by atoms with E-state index in [2.05, 4.69) is 9.80 Å².